The van der Waals surface area contributed by atoms with Gasteiger partial charge in [0.15, 0.2) is 5.78 Å². The summed E-state index contributed by atoms with van der Waals surface area (Å²) >= 11 is 5.87. The molecule has 5 heteroatoms. The fourth-order valence-corrected chi connectivity index (χ4v) is 2.27. The maximum Gasteiger partial charge on any atom is 0.226 e. The van der Waals surface area contributed by atoms with Gasteiger partial charge in [-0.15, -0.1) is 0 Å². The standard InChI is InChI=1S/C19H13ClFNO2/c1-12-17(10-11-18(23)13-4-8-16(21)9-5-13)22-19(24-12)14-2-6-15(20)7-3-14/h2-11H,1H3/b11-10+. The van der Waals surface area contributed by atoms with Crippen LogP contribution in [0, 0.1) is 12.7 Å². The zero-order chi connectivity index (χ0) is 17.1. The molecule has 0 radical (unpaired) electrons. The highest BCUT2D eigenvalue weighted by Gasteiger charge is 2.10. The molecule has 0 saturated carbocycles. The van der Waals surface area contributed by atoms with Crippen molar-refractivity contribution in [1.82, 2.24) is 4.98 Å². The third-order valence-corrected chi connectivity index (χ3v) is 3.70. The van der Waals surface area contributed by atoms with Crippen LogP contribution in [-0.4, -0.2) is 10.8 Å². The zero-order valence-corrected chi connectivity index (χ0v) is 13.5. The average molecular weight is 342 g/mol. The van der Waals surface area contributed by atoms with Gasteiger partial charge in [-0.2, -0.15) is 0 Å². The van der Waals surface area contributed by atoms with Gasteiger partial charge in [0, 0.05) is 16.1 Å². The van der Waals surface area contributed by atoms with E-state index in [9.17, 15) is 9.18 Å². The van der Waals surface area contributed by atoms with E-state index in [-0.39, 0.29) is 11.6 Å². The smallest absolute Gasteiger partial charge is 0.226 e. The molecule has 0 unspecified atom stereocenters. The lowest BCUT2D eigenvalue weighted by molar-refractivity contribution is 0.104. The number of oxazole rings is 1. The largest absolute Gasteiger partial charge is 0.441 e. The van der Waals surface area contributed by atoms with Crippen LogP contribution in [-0.2, 0) is 0 Å². The highest BCUT2D eigenvalue weighted by molar-refractivity contribution is 6.30. The summed E-state index contributed by atoms with van der Waals surface area (Å²) in [6, 6.07) is 12.5. The molecule has 24 heavy (non-hydrogen) atoms. The SMILES string of the molecule is Cc1oc(-c2ccc(Cl)cc2)nc1/C=C/C(=O)c1ccc(F)cc1. The molecule has 120 valence electrons. The van der Waals surface area contributed by atoms with Gasteiger partial charge in [0.25, 0.3) is 0 Å². The summed E-state index contributed by atoms with van der Waals surface area (Å²) in [4.78, 5) is 16.5. The summed E-state index contributed by atoms with van der Waals surface area (Å²) in [5.74, 6) is 0.446. The summed E-state index contributed by atoms with van der Waals surface area (Å²) in [5.41, 5.74) is 1.77. The van der Waals surface area contributed by atoms with Crippen LogP contribution in [0.15, 0.2) is 59.0 Å². The molecule has 0 amide bonds. The van der Waals surface area contributed by atoms with Crippen molar-refractivity contribution in [3.63, 3.8) is 0 Å². The van der Waals surface area contributed by atoms with Crippen LogP contribution in [0.3, 0.4) is 0 Å². The highest BCUT2D eigenvalue weighted by atomic mass is 35.5. The number of carbonyl (C=O) groups excluding carboxylic acids is 1. The topological polar surface area (TPSA) is 43.1 Å². The fraction of sp³-hybridized carbons (Fsp3) is 0.0526. The number of hydrogen-bond acceptors (Lipinski definition) is 3. The van der Waals surface area contributed by atoms with Crippen LogP contribution in [0.5, 0.6) is 0 Å². The zero-order valence-electron chi connectivity index (χ0n) is 12.8. The van der Waals surface area contributed by atoms with E-state index < -0.39 is 0 Å². The fourth-order valence-electron chi connectivity index (χ4n) is 2.14. The molecular formula is C19H13ClFNO2. The lowest BCUT2D eigenvalue weighted by Crippen LogP contribution is -1.94. The van der Waals surface area contributed by atoms with E-state index in [4.69, 9.17) is 16.0 Å². The Kier molecular flexibility index (Phi) is 4.58. The minimum absolute atomic E-state index is 0.231. The van der Waals surface area contributed by atoms with Crippen molar-refractivity contribution in [2.45, 2.75) is 6.92 Å². The summed E-state index contributed by atoms with van der Waals surface area (Å²) in [7, 11) is 0. The molecule has 1 aromatic heterocycles. The molecule has 0 N–H and O–H groups in total. The first-order valence-electron chi connectivity index (χ1n) is 7.24. The van der Waals surface area contributed by atoms with Gasteiger partial charge in [-0.1, -0.05) is 11.6 Å². The number of ketones is 1. The van der Waals surface area contributed by atoms with E-state index in [1.165, 1.54) is 30.3 Å². The molecule has 2 aromatic carbocycles. The first kappa shape index (κ1) is 16.1. The van der Waals surface area contributed by atoms with Gasteiger partial charge < -0.3 is 4.42 Å². The molecule has 0 aliphatic carbocycles. The highest BCUT2D eigenvalue weighted by Crippen LogP contribution is 2.24. The Morgan fingerprint density at radius 3 is 2.46 bits per heavy atom. The molecule has 0 fully saturated rings. The second kappa shape index (κ2) is 6.81. The van der Waals surface area contributed by atoms with E-state index in [1.54, 1.807) is 25.1 Å². The van der Waals surface area contributed by atoms with Crippen molar-refractivity contribution in [2.75, 3.05) is 0 Å². The number of aryl methyl sites for hydroxylation is 1. The van der Waals surface area contributed by atoms with Gasteiger partial charge in [0.1, 0.15) is 17.3 Å². The number of carbonyl (C=O) groups is 1. The Morgan fingerprint density at radius 2 is 1.79 bits per heavy atom. The van der Waals surface area contributed by atoms with Gasteiger partial charge >= 0.3 is 0 Å². The molecule has 0 saturated heterocycles. The molecule has 0 spiro atoms. The van der Waals surface area contributed by atoms with E-state index in [1.807, 2.05) is 12.1 Å². The Labute approximate surface area is 143 Å². The average Bonchev–Trinajstić information content (AvgIpc) is 2.95. The van der Waals surface area contributed by atoms with Gasteiger partial charge in [-0.25, -0.2) is 9.37 Å². The molecule has 1 heterocycles. The first-order valence-corrected chi connectivity index (χ1v) is 7.62. The lowest BCUT2D eigenvalue weighted by atomic mass is 10.1. The van der Waals surface area contributed by atoms with Crippen molar-refractivity contribution in [3.05, 3.63) is 82.5 Å². The van der Waals surface area contributed by atoms with Crippen molar-refractivity contribution < 1.29 is 13.6 Å². The van der Waals surface area contributed by atoms with E-state index in [0.29, 0.717) is 27.9 Å². The summed E-state index contributed by atoms with van der Waals surface area (Å²) in [5, 5.41) is 0.632. The van der Waals surface area contributed by atoms with Crippen molar-refractivity contribution >= 4 is 23.5 Å². The number of rotatable bonds is 4. The number of benzene rings is 2. The normalized spacial score (nSPS) is 11.1. The number of hydrogen-bond donors (Lipinski definition) is 0. The predicted octanol–water partition coefficient (Wildman–Crippen LogP) is 5.34. The maximum absolute atomic E-state index is 12.9. The Balaban J connectivity index is 1.81. The molecule has 3 rings (SSSR count). The third kappa shape index (κ3) is 3.60. The summed E-state index contributed by atoms with van der Waals surface area (Å²) in [6.45, 7) is 1.77. The molecule has 0 aliphatic heterocycles. The molecule has 3 nitrogen and oxygen atoms in total. The second-order valence-electron chi connectivity index (χ2n) is 5.17. The van der Waals surface area contributed by atoms with Crippen molar-refractivity contribution in [3.8, 4) is 11.5 Å². The van der Waals surface area contributed by atoms with Gasteiger partial charge in [0.2, 0.25) is 5.89 Å². The number of nitrogens with zero attached hydrogens (tertiary/aromatic N) is 1. The van der Waals surface area contributed by atoms with E-state index >= 15 is 0 Å². The van der Waals surface area contributed by atoms with Gasteiger partial charge in [-0.05, 0) is 67.6 Å². The van der Waals surface area contributed by atoms with Crippen LogP contribution in [0.25, 0.3) is 17.5 Å². The molecular weight excluding hydrogens is 329 g/mol. The van der Waals surface area contributed by atoms with Crippen molar-refractivity contribution in [1.29, 1.82) is 0 Å². The van der Waals surface area contributed by atoms with Crippen LogP contribution in [0.4, 0.5) is 4.39 Å². The monoisotopic (exact) mass is 341 g/mol. The lowest BCUT2D eigenvalue weighted by Gasteiger charge is -1.95. The van der Waals surface area contributed by atoms with Gasteiger partial charge in [-0.3, -0.25) is 4.79 Å². The number of aromatic nitrogens is 1. The summed E-state index contributed by atoms with van der Waals surface area (Å²) in [6.07, 6.45) is 2.98. The Hall–Kier alpha value is -2.72. The minimum atomic E-state index is -0.379. The molecule has 0 atom stereocenters. The maximum atomic E-state index is 12.9. The number of halogens is 2. The minimum Gasteiger partial charge on any atom is -0.441 e. The van der Waals surface area contributed by atoms with E-state index in [2.05, 4.69) is 4.98 Å². The quantitative estimate of drug-likeness (QED) is 0.475. The number of allylic oxidation sites excluding steroid dienone is 1. The van der Waals surface area contributed by atoms with Crippen LogP contribution in [0.1, 0.15) is 21.8 Å². The summed E-state index contributed by atoms with van der Waals surface area (Å²) < 4.78 is 18.5. The molecule has 3 aromatic rings. The first-order chi connectivity index (χ1) is 11.5. The van der Waals surface area contributed by atoms with Gasteiger partial charge in [0.05, 0.1) is 0 Å². The van der Waals surface area contributed by atoms with Crippen molar-refractivity contribution in [2.24, 2.45) is 0 Å². The molecule has 0 aliphatic rings. The second-order valence-corrected chi connectivity index (χ2v) is 5.61. The van der Waals surface area contributed by atoms with Crippen LogP contribution < -0.4 is 0 Å². The Morgan fingerprint density at radius 1 is 1.12 bits per heavy atom. The van der Waals surface area contributed by atoms with Crippen LogP contribution in [0.2, 0.25) is 5.02 Å². The predicted molar refractivity (Wildman–Crippen MR) is 91.5 cm³/mol. The van der Waals surface area contributed by atoms with Crippen LogP contribution >= 0.6 is 11.6 Å². The third-order valence-electron chi connectivity index (χ3n) is 3.44. The molecule has 0 bridgehead atoms. The Bertz CT molecular complexity index is 896. The van der Waals surface area contributed by atoms with E-state index in [0.717, 1.165) is 5.56 Å².